The summed E-state index contributed by atoms with van der Waals surface area (Å²) in [6.07, 6.45) is 2.18. The van der Waals surface area contributed by atoms with E-state index < -0.39 is 0 Å². The second-order valence-electron chi connectivity index (χ2n) is 4.95. The molecule has 0 aliphatic carbocycles. The highest BCUT2D eigenvalue weighted by Gasteiger charge is 2.24. The van der Waals surface area contributed by atoms with Gasteiger partial charge < -0.3 is 10.2 Å². The molecule has 0 saturated carbocycles. The maximum Gasteiger partial charge on any atom is 0.244 e. The first-order valence-corrected chi connectivity index (χ1v) is 7.74. The van der Waals surface area contributed by atoms with Gasteiger partial charge in [0.1, 0.15) is 17.1 Å². The van der Waals surface area contributed by atoms with Crippen molar-refractivity contribution in [2.45, 2.75) is 25.8 Å². The lowest BCUT2D eigenvalue weighted by molar-refractivity contribution is -0.130. The van der Waals surface area contributed by atoms with Crippen molar-refractivity contribution in [3.8, 4) is 0 Å². The Morgan fingerprint density at radius 1 is 1.40 bits per heavy atom. The van der Waals surface area contributed by atoms with Gasteiger partial charge in [-0.25, -0.2) is 0 Å². The third-order valence-electron chi connectivity index (χ3n) is 3.53. The second-order valence-corrected chi connectivity index (χ2v) is 5.89. The molecule has 7 heteroatoms. The van der Waals surface area contributed by atoms with Gasteiger partial charge in [0.15, 0.2) is 0 Å². The summed E-state index contributed by atoms with van der Waals surface area (Å²) < 4.78 is 8.43. The van der Waals surface area contributed by atoms with Crippen molar-refractivity contribution in [2.24, 2.45) is 0 Å². The summed E-state index contributed by atoms with van der Waals surface area (Å²) in [5.41, 5.74) is 2.21. The number of nitrogens with one attached hydrogen (secondary N) is 1. The molecule has 3 rings (SSSR count). The summed E-state index contributed by atoms with van der Waals surface area (Å²) >= 11 is 7.36. The van der Waals surface area contributed by atoms with Crippen LogP contribution >= 0.6 is 23.3 Å². The number of fused-ring (bicyclic) bond motifs is 1. The summed E-state index contributed by atoms with van der Waals surface area (Å²) in [5.74, 6) is 0.110. The molecule has 0 spiro atoms. The van der Waals surface area contributed by atoms with Crippen LogP contribution in [0.5, 0.6) is 0 Å². The number of carbonyl (C=O) groups is 1. The normalized spacial score (nSPS) is 16.6. The molecule has 1 aliphatic heterocycles. The Balaban J connectivity index is 1.83. The largest absolute Gasteiger partial charge is 0.371 e. The highest BCUT2D eigenvalue weighted by atomic mass is 35.5. The smallest absolute Gasteiger partial charge is 0.244 e. The van der Waals surface area contributed by atoms with Gasteiger partial charge in [-0.2, -0.15) is 8.75 Å². The number of hydrogen-bond acceptors (Lipinski definition) is 5. The van der Waals surface area contributed by atoms with E-state index in [1.54, 1.807) is 6.07 Å². The molecule has 1 saturated heterocycles. The minimum absolute atomic E-state index is 0.110. The van der Waals surface area contributed by atoms with Crippen LogP contribution in [0.3, 0.4) is 0 Å². The van der Waals surface area contributed by atoms with Crippen LogP contribution in [-0.4, -0.2) is 38.7 Å². The Hall–Kier alpha value is -1.40. The quantitative estimate of drug-likeness (QED) is 0.947. The van der Waals surface area contributed by atoms with E-state index in [0.717, 1.165) is 48.7 Å². The Morgan fingerprint density at radius 3 is 2.90 bits per heavy atom. The number of likely N-dealkylation sites (tertiary alicyclic amines) is 1. The Kier molecular flexibility index (Phi) is 3.76. The van der Waals surface area contributed by atoms with E-state index in [4.69, 9.17) is 11.6 Å². The van der Waals surface area contributed by atoms with Gasteiger partial charge in [0.25, 0.3) is 0 Å². The van der Waals surface area contributed by atoms with E-state index in [-0.39, 0.29) is 11.9 Å². The molecular weight excluding hydrogens is 296 g/mol. The van der Waals surface area contributed by atoms with Crippen molar-refractivity contribution < 1.29 is 4.79 Å². The van der Waals surface area contributed by atoms with Crippen LogP contribution in [0.4, 0.5) is 5.69 Å². The molecule has 1 N–H and O–H groups in total. The maximum atomic E-state index is 12.3. The number of amides is 1. The van der Waals surface area contributed by atoms with Gasteiger partial charge in [-0.3, -0.25) is 4.79 Å². The zero-order valence-corrected chi connectivity index (χ0v) is 12.7. The van der Waals surface area contributed by atoms with Crippen LogP contribution in [0, 0.1) is 0 Å². The zero-order valence-electron chi connectivity index (χ0n) is 11.1. The van der Waals surface area contributed by atoms with Gasteiger partial charge in [0, 0.05) is 13.1 Å². The molecule has 0 bridgehead atoms. The number of benzene rings is 1. The summed E-state index contributed by atoms with van der Waals surface area (Å²) in [7, 11) is 0. The van der Waals surface area contributed by atoms with Crippen molar-refractivity contribution in [3.05, 3.63) is 17.2 Å². The highest BCUT2D eigenvalue weighted by Crippen LogP contribution is 2.30. The van der Waals surface area contributed by atoms with Gasteiger partial charge in [-0.15, -0.1) is 0 Å². The van der Waals surface area contributed by atoms with E-state index in [1.165, 1.54) is 0 Å². The van der Waals surface area contributed by atoms with Gasteiger partial charge in [-0.05, 0) is 31.9 Å². The van der Waals surface area contributed by atoms with Crippen molar-refractivity contribution >= 4 is 46.0 Å². The predicted molar refractivity (Wildman–Crippen MR) is 81.3 cm³/mol. The molecule has 1 aromatic carbocycles. The minimum Gasteiger partial charge on any atom is -0.371 e. The Labute approximate surface area is 126 Å². The molecule has 0 radical (unpaired) electrons. The van der Waals surface area contributed by atoms with Crippen LogP contribution in [0.1, 0.15) is 19.8 Å². The molecule has 1 aromatic heterocycles. The first-order valence-electron chi connectivity index (χ1n) is 6.63. The molecule has 106 valence electrons. The lowest BCUT2D eigenvalue weighted by Crippen LogP contribution is -2.39. The fourth-order valence-corrected chi connectivity index (χ4v) is 3.20. The Bertz CT molecular complexity index is 638. The maximum absolute atomic E-state index is 12.3. The van der Waals surface area contributed by atoms with Gasteiger partial charge >= 0.3 is 0 Å². The molecule has 1 aliphatic rings. The SMILES string of the molecule is CC(Nc1c(Cl)ccc2nsnc12)C(=O)N1CCCC1. The minimum atomic E-state index is -0.321. The average molecular weight is 311 g/mol. The lowest BCUT2D eigenvalue weighted by Gasteiger charge is -2.22. The van der Waals surface area contributed by atoms with Crippen LogP contribution in [-0.2, 0) is 4.79 Å². The van der Waals surface area contributed by atoms with Crippen molar-refractivity contribution in [3.63, 3.8) is 0 Å². The first-order chi connectivity index (χ1) is 9.66. The molecule has 1 unspecified atom stereocenters. The van der Waals surface area contributed by atoms with Gasteiger partial charge in [-0.1, -0.05) is 11.6 Å². The molecule has 1 atom stereocenters. The third kappa shape index (κ3) is 2.45. The predicted octanol–water partition coefficient (Wildman–Crippen LogP) is 2.77. The van der Waals surface area contributed by atoms with Crippen LogP contribution in [0.25, 0.3) is 11.0 Å². The van der Waals surface area contributed by atoms with E-state index in [2.05, 4.69) is 14.1 Å². The summed E-state index contributed by atoms with van der Waals surface area (Å²) in [5, 5.41) is 3.76. The van der Waals surface area contributed by atoms with Gasteiger partial charge in [0.2, 0.25) is 5.91 Å². The fraction of sp³-hybridized carbons (Fsp3) is 0.462. The second kappa shape index (κ2) is 5.54. The molecule has 2 aromatic rings. The molecule has 1 fully saturated rings. The van der Waals surface area contributed by atoms with E-state index >= 15 is 0 Å². The first kappa shape index (κ1) is 13.6. The van der Waals surface area contributed by atoms with E-state index in [1.807, 2.05) is 17.9 Å². The zero-order chi connectivity index (χ0) is 14.1. The van der Waals surface area contributed by atoms with E-state index in [0.29, 0.717) is 10.7 Å². The summed E-state index contributed by atoms with van der Waals surface area (Å²) in [6.45, 7) is 3.55. The van der Waals surface area contributed by atoms with Gasteiger partial charge in [0.05, 0.1) is 22.4 Å². The number of aromatic nitrogens is 2. The molecule has 20 heavy (non-hydrogen) atoms. The number of hydrogen-bond donors (Lipinski definition) is 1. The molecule has 5 nitrogen and oxygen atoms in total. The van der Waals surface area contributed by atoms with Crippen LogP contribution in [0.15, 0.2) is 12.1 Å². The van der Waals surface area contributed by atoms with Crippen molar-refractivity contribution in [2.75, 3.05) is 18.4 Å². The molecule has 1 amide bonds. The lowest BCUT2D eigenvalue weighted by atomic mass is 10.2. The topological polar surface area (TPSA) is 58.1 Å². The third-order valence-corrected chi connectivity index (χ3v) is 4.38. The number of carbonyl (C=O) groups excluding carboxylic acids is 1. The molecular formula is C13H15ClN4OS. The highest BCUT2D eigenvalue weighted by molar-refractivity contribution is 7.00. The molecule has 2 heterocycles. The number of anilines is 1. The monoisotopic (exact) mass is 310 g/mol. The fourth-order valence-electron chi connectivity index (χ4n) is 2.45. The number of nitrogens with zero attached hydrogens (tertiary/aromatic N) is 3. The Morgan fingerprint density at radius 2 is 2.15 bits per heavy atom. The van der Waals surface area contributed by atoms with Crippen molar-refractivity contribution in [1.29, 1.82) is 0 Å². The van der Waals surface area contributed by atoms with Crippen molar-refractivity contribution in [1.82, 2.24) is 13.6 Å². The summed E-state index contributed by atoms with van der Waals surface area (Å²) in [4.78, 5) is 14.2. The number of halogens is 1. The van der Waals surface area contributed by atoms with E-state index in [9.17, 15) is 4.79 Å². The number of rotatable bonds is 3. The average Bonchev–Trinajstić information content (AvgIpc) is 3.11. The van der Waals surface area contributed by atoms with Crippen LogP contribution in [0.2, 0.25) is 5.02 Å². The van der Waals surface area contributed by atoms with Crippen LogP contribution < -0.4 is 5.32 Å². The summed E-state index contributed by atoms with van der Waals surface area (Å²) in [6, 6.07) is 3.29. The standard InChI is InChI=1S/C13H15ClN4OS/c1-8(13(19)18-6-2-3-7-18)15-11-9(14)4-5-10-12(11)17-20-16-10/h4-5,8,15H,2-3,6-7H2,1H3.